The van der Waals surface area contributed by atoms with Crippen molar-refractivity contribution in [3.63, 3.8) is 0 Å². The van der Waals surface area contributed by atoms with Crippen LogP contribution in [0.15, 0.2) is 18.3 Å². The van der Waals surface area contributed by atoms with E-state index in [1.165, 1.54) is 18.3 Å². The zero-order chi connectivity index (χ0) is 15.2. The van der Waals surface area contributed by atoms with Crippen molar-refractivity contribution in [2.45, 2.75) is 19.4 Å². The molecule has 0 radical (unpaired) electrons. The van der Waals surface area contributed by atoms with Gasteiger partial charge in [0, 0.05) is 25.9 Å². The molecule has 3 N–H and O–H groups in total. The maximum absolute atomic E-state index is 12.0. The molecule has 1 fully saturated rings. The summed E-state index contributed by atoms with van der Waals surface area (Å²) in [5, 5.41) is 20.8. The van der Waals surface area contributed by atoms with Gasteiger partial charge in [0.25, 0.3) is 0 Å². The minimum Gasteiger partial charge on any atom is -0.478 e. The zero-order valence-electron chi connectivity index (χ0n) is 11.7. The number of carbonyl (C=O) groups excluding carboxylic acids is 1. The van der Waals surface area contributed by atoms with E-state index in [4.69, 9.17) is 10.2 Å². The molecule has 0 aromatic carbocycles. The molecule has 1 aromatic heterocycles. The Kier molecular flexibility index (Phi) is 5.10. The Labute approximate surface area is 122 Å². The Hall–Kier alpha value is -2.15. The number of hydrogen-bond donors (Lipinski definition) is 3. The molecule has 7 heteroatoms. The Bertz CT molecular complexity index is 521. The third-order valence-electron chi connectivity index (χ3n) is 3.55. The molecule has 21 heavy (non-hydrogen) atoms. The normalized spacial score (nSPS) is 18.3. The molecule has 1 unspecified atom stereocenters. The number of nitrogens with zero attached hydrogens (tertiary/aromatic N) is 2. The molecular formula is C14H19N3O4. The molecular weight excluding hydrogens is 274 g/mol. The molecule has 0 bridgehead atoms. The van der Waals surface area contributed by atoms with Crippen molar-refractivity contribution >= 4 is 12.0 Å². The Balaban J connectivity index is 1.89. The lowest BCUT2D eigenvalue weighted by Crippen LogP contribution is -2.46. The van der Waals surface area contributed by atoms with E-state index >= 15 is 0 Å². The van der Waals surface area contributed by atoms with Crippen LogP contribution in [-0.4, -0.2) is 51.8 Å². The number of aliphatic hydroxyl groups is 1. The number of piperidine rings is 1. The standard InChI is InChI=1S/C14H19N3O4/c18-9-10-2-1-5-17(8-10)14(21)16-7-12-6-11(13(19)20)3-4-15-12/h3-4,6,10,18H,1-2,5,7-9H2,(H,16,21)(H,19,20). The predicted octanol–water partition coefficient (Wildman–Crippen LogP) is 0.694. The van der Waals surface area contributed by atoms with Gasteiger partial charge >= 0.3 is 12.0 Å². The van der Waals surface area contributed by atoms with Gasteiger partial charge in [-0.05, 0) is 30.9 Å². The number of pyridine rings is 1. The predicted molar refractivity (Wildman–Crippen MR) is 74.8 cm³/mol. The highest BCUT2D eigenvalue weighted by atomic mass is 16.4. The van der Waals surface area contributed by atoms with Crippen LogP contribution in [0, 0.1) is 5.92 Å². The van der Waals surface area contributed by atoms with Crippen molar-refractivity contribution in [3.8, 4) is 0 Å². The van der Waals surface area contributed by atoms with Crippen LogP contribution in [0.1, 0.15) is 28.9 Å². The van der Waals surface area contributed by atoms with Crippen molar-refractivity contribution in [2.75, 3.05) is 19.7 Å². The fraction of sp³-hybridized carbons (Fsp3) is 0.500. The van der Waals surface area contributed by atoms with Crippen LogP contribution in [0.5, 0.6) is 0 Å². The van der Waals surface area contributed by atoms with Gasteiger partial charge in [-0.1, -0.05) is 0 Å². The number of hydrogen-bond acceptors (Lipinski definition) is 4. The number of amides is 2. The van der Waals surface area contributed by atoms with E-state index in [0.717, 1.165) is 12.8 Å². The zero-order valence-corrected chi connectivity index (χ0v) is 11.7. The highest BCUT2D eigenvalue weighted by molar-refractivity contribution is 5.87. The molecule has 0 saturated carbocycles. The molecule has 2 amide bonds. The minimum atomic E-state index is -1.02. The molecule has 1 aliphatic heterocycles. The lowest BCUT2D eigenvalue weighted by atomic mass is 9.99. The van der Waals surface area contributed by atoms with Gasteiger partial charge in [-0.15, -0.1) is 0 Å². The first-order valence-corrected chi connectivity index (χ1v) is 6.92. The molecule has 1 atom stereocenters. The van der Waals surface area contributed by atoms with Gasteiger partial charge in [0.15, 0.2) is 0 Å². The minimum absolute atomic E-state index is 0.0893. The number of rotatable bonds is 4. The lowest BCUT2D eigenvalue weighted by Gasteiger charge is -2.31. The van der Waals surface area contributed by atoms with Crippen molar-refractivity contribution in [1.29, 1.82) is 0 Å². The molecule has 1 aliphatic rings. The number of carbonyl (C=O) groups is 2. The second-order valence-electron chi connectivity index (χ2n) is 5.14. The summed E-state index contributed by atoms with van der Waals surface area (Å²) >= 11 is 0. The number of carboxylic acid groups (broad SMARTS) is 1. The van der Waals surface area contributed by atoms with E-state index in [9.17, 15) is 9.59 Å². The van der Waals surface area contributed by atoms with Crippen LogP contribution in [0.3, 0.4) is 0 Å². The van der Waals surface area contributed by atoms with Gasteiger partial charge in [-0.25, -0.2) is 9.59 Å². The summed E-state index contributed by atoms with van der Waals surface area (Å²) < 4.78 is 0. The topological polar surface area (TPSA) is 103 Å². The summed E-state index contributed by atoms with van der Waals surface area (Å²) in [6.45, 7) is 1.49. The van der Waals surface area contributed by atoms with Crippen molar-refractivity contribution in [2.24, 2.45) is 5.92 Å². The smallest absolute Gasteiger partial charge is 0.335 e. The van der Waals surface area contributed by atoms with Gasteiger partial charge in [-0.3, -0.25) is 4.98 Å². The maximum Gasteiger partial charge on any atom is 0.335 e. The third kappa shape index (κ3) is 4.16. The van der Waals surface area contributed by atoms with Gasteiger partial charge < -0.3 is 20.4 Å². The largest absolute Gasteiger partial charge is 0.478 e. The molecule has 2 rings (SSSR count). The number of likely N-dealkylation sites (tertiary alicyclic amines) is 1. The molecule has 114 valence electrons. The van der Waals surface area contributed by atoms with Crippen molar-refractivity contribution in [3.05, 3.63) is 29.6 Å². The van der Waals surface area contributed by atoms with E-state index in [2.05, 4.69) is 10.3 Å². The summed E-state index contributed by atoms with van der Waals surface area (Å²) in [6.07, 6.45) is 3.22. The van der Waals surface area contributed by atoms with Gasteiger partial charge in [-0.2, -0.15) is 0 Å². The SMILES string of the molecule is O=C(O)c1ccnc(CNC(=O)N2CCCC(CO)C2)c1. The Morgan fingerprint density at radius 1 is 1.48 bits per heavy atom. The number of urea groups is 1. The molecule has 2 heterocycles. The van der Waals surface area contributed by atoms with E-state index < -0.39 is 5.97 Å². The molecule has 0 spiro atoms. The first kappa shape index (κ1) is 15.2. The third-order valence-corrected chi connectivity index (χ3v) is 3.55. The second-order valence-corrected chi connectivity index (χ2v) is 5.14. The fourth-order valence-electron chi connectivity index (χ4n) is 2.38. The Morgan fingerprint density at radius 2 is 2.29 bits per heavy atom. The number of aromatic carboxylic acids is 1. The van der Waals surface area contributed by atoms with E-state index in [0.29, 0.717) is 18.8 Å². The van der Waals surface area contributed by atoms with E-state index in [-0.39, 0.29) is 30.7 Å². The fourth-order valence-corrected chi connectivity index (χ4v) is 2.38. The first-order valence-electron chi connectivity index (χ1n) is 6.92. The first-order chi connectivity index (χ1) is 10.1. The van der Waals surface area contributed by atoms with Crippen LogP contribution in [0.2, 0.25) is 0 Å². The Morgan fingerprint density at radius 3 is 3.00 bits per heavy atom. The summed E-state index contributed by atoms with van der Waals surface area (Å²) in [5.74, 6) is -0.884. The lowest BCUT2D eigenvalue weighted by molar-refractivity contribution is 0.0696. The molecule has 7 nitrogen and oxygen atoms in total. The molecule has 1 saturated heterocycles. The summed E-state index contributed by atoms with van der Waals surface area (Å²) in [7, 11) is 0. The van der Waals surface area contributed by atoms with Crippen LogP contribution >= 0.6 is 0 Å². The second kappa shape index (κ2) is 7.03. The van der Waals surface area contributed by atoms with Crippen molar-refractivity contribution in [1.82, 2.24) is 15.2 Å². The maximum atomic E-state index is 12.0. The number of nitrogens with one attached hydrogen (secondary N) is 1. The number of carboxylic acids is 1. The average molecular weight is 293 g/mol. The molecule has 0 aliphatic carbocycles. The highest BCUT2D eigenvalue weighted by Crippen LogP contribution is 2.15. The van der Waals surface area contributed by atoms with Crippen LogP contribution in [-0.2, 0) is 6.54 Å². The average Bonchev–Trinajstić information content (AvgIpc) is 2.53. The number of aromatic nitrogens is 1. The molecule has 1 aromatic rings. The highest BCUT2D eigenvalue weighted by Gasteiger charge is 2.22. The quantitative estimate of drug-likeness (QED) is 0.758. The van der Waals surface area contributed by atoms with Crippen LogP contribution in [0.4, 0.5) is 4.79 Å². The number of aliphatic hydroxyl groups excluding tert-OH is 1. The van der Waals surface area contributed by atoms with Crippen LogP contribution in [0.25, 0.3) is 0 Å². The van der Waals surface area contributed by atoms with Gasteiger partial charge in [0.2, 0.25) is 0 Å². The van der Waals surface area contributed by atoms with Gasteiger partial charge in [0.1, 0.15) is 0 Å². The van der Waals surface area contributed by atoms with E-state index in [1.807, 2.05) is 0 Å². The van der Waals surface area contributed by atoms with Gasteiger partial charge in [0.05, 0.1) is 17.8 Å². The van der Waals surface area contributed by atoms with Crippen molar-refractivity contribution < 1.29 is 19.8 Å². The monoisotopic (exact) mass is 293 g/mol. The summed E-state index contributed by atoms with van der Waals surface area (Å²) in [6, 6.07) is 2.63. The summed E-state index contributed by atoms with van der Waals surface area (Å²) in [5.41, 5.74) is 0.645. The van der Waals surface area contributed by atoms with Crippen LogP contribution < -0.4 is 5.32 Å². The van der Waals surface area contributed by atoms with E-state index in [1.54, 1.807) is 4.90 Å². The summed E-state index contributed by atoms with van der Waals surface area (Å²) in [4.78, 5) is 28.6.